The molecule has 0 bridgehead atoms. The van der Waals surface area contributed by atoms with E-state index in [1.165, 1.54) is 22.4 Å². The Bertz CT molecular complexity index is 1090. The molecule has 180 valence electrons. The van der Waals surface area contributed by atoms with E-state index in [2.05, 4.69) is 51.1 Å². The first kappa shape index (κ1) is 27.1. The number of nitrogens with zero attached hydrogens (tertiary/aromatic N) is 4. The minimum Gasteiger partial charge on any atom is -0.382 e. The number of aliphatic imine (C=N–C) groups is 1. The Morgan fingerprint density at radius 1 is 1.09 bits per heavy atom. The summed E-state index contributed by atoms with van der Waals surface area (Å²) >= 11 is 0. The minimum absolute atomic E-state index is 0. The fraction of sp³-hybridized carbons (Fsp3) is 0.320. The van der Waals surface area contributed by atoms with Crippen molar-refractivity contribution < 1.29 is 4.39 Å². The molecule has 9 heteroatoms. The lowest BCUT2D eigenvalue weighted by Gasteiger charge is -2.11. The van der Waals surface area contributed by atoms with Gasteiger partial charge in [-0.25, -0.2) is 9.07 Å². The van der Waals surface area contributed by atoms with Crippen molar-refractivity contribution in [1.82, 2.24) is 20.4 Å². The summed E-state index contributed by atoms with van der Waals surface area (Å²) in [6.07, 6.45) is 3.32. The number of aromatic nitrogens is 2. The van der Waals surface area contributed by atoms with Crippen molar-refractivity contribution in [1.29, 1.82) is 5.26 Å². The monoisotopic (exact) mass is 575 g/mol. The van der Waals surface area contributed by atoms with Crippen molar-refractivity contribution in [2.45, 2.75) is 32.6 Å². The second kappa shape index (κ2) is 14.2. The van der Waals surface area contributed by atoms with Gasteiger partial charge in [0.2, 0.25) is 0 Å². The van der Waals surface area contributed by atoms with Crippen LogP contribution in [-0.2, 0) is 12.8 Å². The SMILES string of the molecule is CCNC(=NCCCc1ccccc1)NCCCc1nn(-c2ccc(F)cc2)c(N)c1C#N.I. The molecule has 0 spiro atoms. The van der Waals surface area contributed by atoms with Crippen LogP contribution in [0.2, 0.25) is 0 Å². The van der Waals surface area contributed by atoms with Gasteiger partial charge in [-0.1, -0.05) is 30.3 Å². The average molecular weight is 575 g/mol. The molecule has 0 amide bonds. The maximum atomic E-state index is 13.2. The summed E-state index contributed by atoms with van der Waals surface area (Å²) in [5, 5.41) is 20.6. The van der Waals surface area contributed by atoms with E-state index in [4.69, 9.17) is 5.73 Å². The Morgan fingerprint density at radius 2 is 1.82 bits per heavy atom. The van der Waals surface area contributed by atoms with Crippen molar-refractivity contribution in [3.8, 4) is 11.8 Å². The van der Waals surface area contributed by atoms with Crippen molar-refractivity contribution in [3.05, 3.63) is 77.2 Å². The van der Waals surface area contributed by atoms with Gasteiger partial charge in [0.15, 0.2) is 5.96 Å². The number of nitriles is 1. The van der Waals surface area contributed by atoms with E-state index in [9.17, 15) is 9.65 Å². The van der Waals surface area contributed by atoms with Gasteiger partial charge in [-0.05, 0) is 62.4 Å². The number of hydrogen-bond acceptors (Lipinski definition) is 4. The third kappa shape index (κ3) is 7.73. The Kier molecular flexibility index (Phi) is 11.3. The van der Waals surface area contributed by atoms with Crippen molar-refractivity contribution >= 4 is 35.8 Å². The summed E-state index contributed by atoms with van der Waals surface area (Å²) in [5.74, 6) is 0.706. The number of guanidine groups is 1. The lowest BCUT2D eigenvalue weighted by Crippen LogP contribution is -2.38. The third-order valence-electron chi connectivity index (χ3n) is 5.14. The molecule has 0 fully saturated rings. The number of rotatable bonds is 10. The van der Waals surface area contributed by atoms with Gasteiger partial charge in [0.1, 0.15) is 23.3 Å². The highest BCUT2D eigenvalue weighted by atomic mass is 127. The first-order chi connectivity index (χ1) is 16.1. The zero-order chi connectivity index (χ0) is 23.5. The number of anilines is 1. The van der Waals surface area contributed by atoms with Gasteiger partial charge >= 0.3 is 0 Å². The first-order valence-electron chi connectivity index (χ1n) is 11.2. The fourth-order valence-electron chi connectivity index (χ4n) is 3.48. The number of aryl methyl sites for hydroxylation is 2. The van der Waals surface area contributed by atoms with Crippen LogP contribution in [0.1, 0.15) is 36.6 Å². The van der Waals surface area contributed by atoms with Crippen LogP contribution in [0.25, 0.3) is 5.69 Å². The lowest BCUT2D eigenvalue weighted by atomic mass is 10.1. The molecule has 0 aliphatic heterocycles. The van der Waals surface area contributed by atoms with E-state index >= 15 is 0 Å². The van der Waals surface area contributed by atoms with Crippen LogP contribution >= 0.6 is 24.0 Å². The third-order valence-corrected chi connectivity index (χ3v) is 5.14. The van der Waals surface area contributed by atoms with Gasteiger partial charge in [0.05, 0.1) is 11.4 Å². The maximum absolute atomic E-state index is 13.2. The summed E-state index contributed by atoms with van der Waals surface area (Å²) in [4.78, 5) is 4.64. The van der Waals surface area contributed by atoms with Gasteiger partial charge in [0.25, 0.3) is 0 Å². The highest BCUT2D eigenvalue weighted by Crippen LogP contribution is 2.21. The topological polar surface area (TPSA) is 104 Å². The zero-order valence-electron chi connectivity index (χ0n) is 19.3. The average Bonchev–Trinajstić information content (AvgIpc) is 3.15. The van der Waals surface area contributed by atoms with Gasteiger partial charge in [0, 0.05) is 19.6 Å². The van der Waals surface area contributed by atoms with E-state index < -0.39 is 0 Å². The summed E-state index contributed by atoms with van der Waals surface area (Å²) < 4.78 is 14.7. The summed E-state index contributed by atoms with van der Waals surface area (Å²) in [6, 6.07) is 18.4. The van der Waals surface area contributed by atoms with Crippen LogP contribution in [-0.4, -0.2) is 35.4 Å². The van der Waals surface area contributed by atoms with Gasteiger partial charge in [-0.15, -0.1) is 24.0 Å². The van der Waals surface area contributed by atoms with Gasteiger partial charge in [-0.3, -0.25) is 4.99 Å². The second-order valence-electron chi connectivity index (χ2n) is 7.59. The molecule has 0 aliphatic rings. The molecule has 1 aromatic heterocycles. The lowest BCUT2D eigenvalue weighted by molar-refractivity contribution is 0.627. The molecule has 0 atom stereocenters. The molecule has 2 aromatic carbocycles. The van der Waals surface area contributed by atoms with Gasteiger partial charge in [-0.2, -0.15) is 10.4 Å². The molecule has 7 nitrogen and oxygen atoms in total. The number of nitrogens with two attached hydrogens (primary N) is 1. The first-order valence-corrected chi connectivity index (χ1v) is 11.2. The molecule has 0 unspecified atom stereocenters. The normalized spacial score (nSPS) is 10.9. The number of nitrogens with one attached hydrogen (secondary N) is 2. The summed E-state index contributed by atoms with van der Waals surface area (Å²) in [6.45, 7) is 4.23. The molecule has 34 heavy (non-hydrogen) atoms. The molecular weight excluding hydrogens is 544 g/mol. The molecule has 4 N–H and O–H groups in total. The molecule has 0 saturated heterocycles. The maximum Gasteiger partial charge on any atom is 0.191 e. The van der Waals surface area contributed by atoms with Crippen LogP contribution in [0.5, 0.6) is 0 Å². The van der Waals surface area contributed by atoms with Crippen molar-refractivity contribution in [2.24, 2.45) is 4.99 Å². The quantitative estimate of drug-likeness (QED) is 0.146. The van der Waals surface area contributed by atoms with E-state index in [0.717, 1.165) is 38.3 Å². The molecular formula is C25H31FIN7. The van der Waals surface area contributed by atoms with Crippen LogP contribution in [0.4, 0.5) is 10.2 Å². The van der Waals surface area contributed by atoms with Crippen LogP contribution < -0.4 is 16.4 Å². The Labute approximate surface area is 217 Å². The molecule has 3 rings (SSSR count). The number of nitrogen functional groups attached to an aromatic ring is 1. The Balaban J connectivity index is 0.00000408. The smallest absolute Gasteiger partial charge is 0.191 e. The van der Waals surface area contributed by atoms with Gasteiger partial charge < -0.3 is 16.4 Å². The Morgan fingerprint density at radius 3 is 2.50 bits per heavy atom. The second-order valence-corrected chi connectivity index (χ2v) is 7.59. The van der Waals surface area contributed by atoms with E-state index in [1.54, 1.807) is 12.1 Å². The number of hydrogen-bond donors (Lipinski definition) is 3. The van der Waals surface area contributed by atoms with E-state index in [1.807, 2.05) is 13.0 Å². The van der Waals surface area contributed by atoms with Crippen LogP contribution in [0, 0.1) is 17.1 Å². The summed E-state index contributed by atoms with van der Waals surface area (Å²) in [7, 11) is 0. The van der Waals surface area contributed by atoms with Crippen LogP contribution in [0.15, 0.2) is 59.6 Å². The molecule has 0 aliphatic carbocycles. The minimum atomic E-state index is -0.338. The highest BCUT2D eigenvalue weighted by molar-refractivity contribution is 14.0. The van der Waals surface area contributed by atoms with Crippen LogP contribution in [0.3, 0.4) is 0 Å². The fourth-order valence-corrected chi connectivity index (χ4v) is 3.48. The molecule has 0 radical (unpaired) electrons. The molecule has 0 saturated carbocycles. The van der Waals surface area contributed by atoms with Crippen molar-refractivity contribution in [3.63, 3.8) is 0 Å². The van der Waals surface area contributed by atoms with E-state index in [-0.39, 0.29) is 35.6 Å². The molecule has 1 heterocycles. The number of benzene rings is 2. The highest BCUT2D eigenvalue weighted by Gasteiger charge is 2.16. The Hall–Kier alpha value is -3.13. The molecule has 3 aromatic rings. The van der Waals surface area contributed by atoms with Crippen molar-refractivity contribution in [2.75, 3.05) is 25.4 Å². The standard InChI is InChI=1S/C25H30FN7.HI/c1-2-29-25(30-16-6-10-19-8-4-3-5-9-19)31-17-7-11-23-22(18-27)24(28)33(32-23)21-14-12-20(26)13-15-21;/h3-5,8-9,12-15H,2,6-7,10-11,16-17,28H2,1H3,(H2,29,30,31);1H. The van der Waals surface area contributed by atoms with E-state index in [0.29, 0.717) is 29.9 Å². The number of halogens is 2. The predicted octanol–water partition coefficient (Wildman–Crippen LogP) is 4.20. The largest absolute Gasteiger partial charge is 0.382 e. The predicted molar refractivity (Wildman–Crippen MR) is 145 cm³/mol. The summed E-state index contributed by atoms with van der Waals surface area (Å²) in [5.41, 5.74) is 9.05. The zero-order valence-corrected chi connectivity index (χ0v) is 21.6.